The minimum Gasteiger partial charge on any atom is -0.338 e. The summed E-state index contributed by atoms with van der Waals surface area (Å²) in [5.41, 5.74) is 2.05. The second kappa shape index (κ2) is 7.16. The summed E-state index contributed by atoms with van der Waals surface area (Å²) in [6.45, 7) is 1.42. The molecular formula is C22H22N2O2. The van der Waals surface area contributed by atoms with E-state index in [2.05, 4.69) is 29.2 Å². The summed E-state index contributed by atoms with van der Waals surface area (Å²) in [4.78, 5) is 29.8. The van der Waals surface area contributed by atoms with Gasteiger partial charge in [0.15, 0.2) is 0 Å². The molecule has 4 nitrogen and oxygen atoms in total. The number of hydrogen-bond donors (Lipinski definition) is 1. The van der Waals surface area contributed by atoms with Gasteiger partial charge in [-0.15, -0.1) is 0 Å². The van der Waals surface area contributed by atoms with Crippen LogP contribution >= 0.6 is 0 Å². The van der Waals surface area contributed by atoms with Gasteiger partial charge in [-0.05, 0) is 48.3 Å². The van der Waals surface area contributed by atoms with Crippen LogP contribution in [0, 0.1) is 5.92 Å². The van der Waals surface area contributed by atoms with Crippen molar-refractivity contribution in [1.82, 2.24) is 9.88 Å². The van der Waals surface area contributed by atoms with Crippen LogP contribution in [-0.2, 0) is 6.42 Å². The lowest BCUT2D eigenvalue weighted by Crippen LogP contribution is -2.40. The van der Waals surface area contributed by atoms with Crippen molar-refractivity contribution in [2.45, 2.75) is 19.3 Å². The molecular weight excluding hydrogens is 324 g/mol. The van der Waals surface area contributed by atoms with E-state index in [1.54, 1.807) is 6.07 Å². The monoisotopic (exact) mass is 346 g/mol. The molecule has 1 N–H and O–H groups in total. The highest BCUT2D eigenvalue weighted by Crippen LogP contribution is 2.23. The third kappa shape index (κ3) is 3.40. The molecule has 1 saturated heterocycles. The predicted molar refractivity (Wildman–Crippen MR) is 103 cm³/mol. The van der Waals surface area contributed by atoms with Crippen LogP contribution < -0.4 is 5.56 Å². The van der Waals surface area contributed by atoms with Gasteiger partial charge < -0.3 is 9.88 Å². The number of nitrogens with zero attached hydrogens (tertiary/aromatic N) is 1. The number of piperidine rings is 1. The topological polar surface area (TPSA) is 53.2 Å². The zero-order valence-electron chi connectivity index (χ0n) is 14.7. The number of rotatable bonds is 3. The fraction of sp³-hybridized carbons (Fsp3) is 0.273. The Hall–Kier alpha value is -2.88. The van der Waals surface area contributed by atoms with E-state index in [1.165, 1.54) is 5.56 Å². The third-order valence-corrected chi connectivity index (χ3v) is 5.25. The van der Waals surface area contributed by atoms with E-state index < -0.39 is 0 Å². The van der Waals surface area contributed by atoms with Crippen molar-refractivity contribution in [3.05, 3.63) is 82.1 Å². The van der Waals surface area contributed by atoms with Crippen molar-refractivity contribution in [1.29, 1.82) is 0 Å². The van der Waals surface area contributed by atoms with Gasteiger partial charge in [-0.1, -0.05) is 48.5 Å². The molecule has 2 heterocycles. The normalized spacial score (nSPS) is 15.3. The number of carbonyl (C=O) groups is 1. The molecule has 0 atom stereocenters. The summed E-state index contributed by atoms with van der Waals surface area (Å²) < 4.78 is 0. The highest BCUT2D eigenvalue weighted by Gasteiger charge is 2.25. The summed E-state index contributed by atoms with van der Waals surface area (Å²) in [7, 11) is 0. The fourth-order valence-corrected chi connectivity index (χ4v) is 3.76. The lowest BCUT2D eigenvalue weighted by atomic mass is 9.90. The van der Waals surface area contributed by atoms with E-state index in [9.17, 15) is 9.59 Å². The van der Waals surface area contributed by atoms with Crippen LogP contribution in [0.5, 0.6) is 0 Å². The van der Waals surface area contributed by atoms with Crippen molar-refractivity contribution in [2.75, 3.05) is 13.1 Å². The zero-order valence-corrected chi connectivity index (χ0v) is 14.7. The third-order valence-electron chi connectivity index (χ3n) is 5.25. The van der Waals surface area contributed by atoms with Crippen molar-refractivity contribution in [3.63, 3.8) is 0 Å². The molecule has 3 aromatic rings. The summed E-state index contributed by atoms with van der Waals surface area (Å²) in [6, 6.07) is 19.7. The maximum absolute atomic E-state index is 12.8. The highest BCUT2D eigenvalue weighted by atomic mass is 16.2. The molecule has 1 aromatic heterocycles. The number of aromatic nitrogens is 1. The van der Waals surface area contributed by atoms with Gasteiger partial charge in [0.2, 0.25) is 0 Å². The van der Waals surface area contributed by atoms with Crippen LogP contribution in [0.15, 0.2) is 65.5 Å². The van der Waals surface area contributed by atoms with Crippen LogP contribution in [0.4, 0.5) is 0 Å². The molecule has 1 aliphatic heterocycles. The van der Waals surface area contributed by atoms with E-state index >= 15 is 0 Å². The SMILES string of the molecule is O=C(c1cc2ccccc2[nH]c1=O)N1CCC(Cc2ccccc2)CC1. The van der Waals surface area contributed by atoms with Crippen molar-refractivity contribution < 1.29 is 4.79 Å². The van der Waals surface area contributed by atoms with Gasteiger partial charge in [-0.25, -0.2) is 0 Å². The molecule has 26 heavy (non-hydrogen) atoms. The number of benzene rings is 2. The van der Waals surface area contributed by atoms with Gasteiger partial charge in [0.05, 0.1) is 0 Å². The van der Waals surface area contributed by atoms with Crippen molar-refractivity contribution >= 4 is 16.8 Å². The molecule has 0 aliphatic carbocycles. The summed E-state index contributed by atoms with van der Waals surface area (Å²) in [6.07, 6.45) is 3.01. The number of carbonyl (C=O) groups excluding carboxylic acids is 1. The van der Waals surface area contributed by atoms with E-state index in [0.717, 1.165) is 30.2 Å². The molecule has 1 amide bonds. The number of nitrogens with one attached hydrogen (secondary N) is 1. The smallest absolute Gasteiger partial charge is 0.261 e. The van der Waals surface area contributed by atoms with Crippen LogP contribution in [0.2, 0.25) is 0 Å². The Morgan fingerprint density at radius 3 is 2.46 bits per heavy atom. The number of fused-ring (bicyclic) bond motifs is 1. The Labute approximate surface area is 152 Å². The Bertz CT molecular complexity index is 970. The molecule has 0 radical (unpaired) electrons. The van der Waals surface area contributed by atoms with E-state index in [0.29, 0.717) is 19.0 Å². The van der Waals surface area contributed by atoms with E-state index in [4.69, 9.17) is 0 Å². The number of amides is 1. The van der Waals surface area contributed by atoms with Gasteiger partial charge in [0.25, 0.3) is 11.5 Å². The van der Waals surface area contributed by atoms with Crippen molar-refractivity contribution in [3.8, 4) is 0 Å². The highest BCUT2D eigenvalue weighted by molar-refractivity contribution is 5.97. The van der Waals surface area contributed by atoms with Crippen molar-refractivity contribution in [2.24, 2.45) is 5.92 Å². The first-order valence-corrected chi connectivity index (χ1v) is 9.16. The minimum atomic E-state index is -0.305. The molecule has 0 bridgehead atoms. The predicted octanol–water partition coefficient (Wildman–Crippen LogP) is 3.62. The molecule has 4 rings (SSSR count). The molecule has 1 aliphatic rings. The maximum atomic E-state index is 12.8. The average molecular weight is 346 g/mol. The first-order valence-electron chi connectivity index (χ1n) is 9.16. The lowest BCUT2D eigenvalue weighted by molar-refractivity contribution is 0.0689. The summed E-state index contributed by atoms with van der Waals surface area (Å²) in [5, 5.41) is 0.884. The first kappa shape index (κ1) is 16.6. The average Bonchev–Trinajstić information content (AvgIpc) is 2.68. The quantitative estimate of drug-likeness (QED) is 0.787. The fourth-order valence-electron chi connectivity index (χ4n) is 3.76. The molecule has 0 spiro atoms. The Morgan fingerprint density at radius 2 is 1.69 bits per heavy atom. The van der Waals surface area contributed by atoms with Crippen LogP contribution in [0.25, 0.3) is 10.9 Å². The van der Waals surface area contributed by atoms with E-state index in [1.807, 2.05) is 35.2 Å². The van der Waals surface area contributed by atoms with Crippen LogP contribution in [-0.4, -0.2) is 28.9 Å². The number of pyridine rings is 1. The number of H-pyrrole nitrogens is 1. The second-order valence-corrected chi connectivity index (χ2v) is 7.02. The summed E-state index contributed by atoms with van der Waals surface area (Å²) >= 11 is 0. The molecule has 132 valence electrons. The summed E-state index contributed by atoms with van der Waals surface area (Å²) in [5.74, 6) is 0.437. The van der Waals surface area contributed by atoms with Gasteiger partial charge >= 0.3 is 0 Å². The second-order valence-electron chi connectivity index (χ2n) is 7.02. The van der Waals surface area contributed by atoms with Gasteiger partial charge in [0, 0.05) is 18.6 Å². The molecule has 1 fully saturated rings. The Balaban J connectivity index is 1.45. The maximum Gasteiger partial charge on any atom is 0.261 e. The van der Waals surface area contributed by atoms with E-state index in [-0.39, 0.29) is 17.0 Å². The zero-order chi connectivity index (χ0) is 17.9. The first-order chi connectivity index (χ1) is 12.7. The standard InChI is InChI=1S/C22H22N2O2/c25-21-19(15-18-8-4-5-9-20(18)23-21)22(26)24-12-10-17(11-13-24)14-16-6-2-1-3-7-16/h1-9,15,17H,10-14H2,(H,23,25). The Morgan fingerprint density at radius 1 is 1.00 bits per heavy atom. The minimum absolute atomic E-state index is 0.157. The largest absolute Gasteiger partial charge is 0.338 e. The lowest BCUT2D eigenvalue weighted by Gasteiger charge is -2.32. The molecule has 4 heteroatoms. The van der Waals surface area contributed by atoms with Gasteiger partial charge in [-0.3, -0.25) is 9.59 Å². The van der Waals surface area contributed by atoms with Gasteiger partial charge in [-0.2, -0.15) is 0 Å². The Kier molecular flexibility index (Phi) is 4.57. The van der Waals surface area contributed by atoms with Crippen LogP contribution in [0.1, 0.15) is 28.8 Å². The number of likely N-dealkylation sites (tertiary alicyclic amines) is 1. The van der Waals surface area contributed by atoms with Crippen LogP contribution in [0.3, 0.4) is 0 Å². The number of hydrogen-bond acceptors (Lipinski definition) is 2. The number of para-hydroxylation sites is 1. The number of aromatic amines is 1. The van der Waals surface area contributed by atoms with Gasteiger partial charge in [0.1, 0.15) is 5.56 Å². The molecule has 2 aromatic carbocycles. The molecule has 0 saturated carbocycles. The molecule has 0 unspecified atom stereocenters.